The maximum Gasteiger partial charge on any atom is 0.450 e. The maximum atomic E-state index is 12.8. The van der Waals surface area contributed by atoms with Crippen molar-refractivity contribution < 1.29 is 36.4 Å². The molecule has 0 N–H and O–H groups in total. The van der Waals surface area contributed by atoms with E-state index in [1.165, 1.54) is 10.9 Å². The molecule has 10 nitrogen and oxygen atoms in total. The number of carbonyl (C=O) groups is 1. The lowest BCUT2D eigenvalue weighted by Crippen LogP contribution is -2.67. The minimum Gasteiger partial charge on any atom is -0.405 e. The number of aromatic nitrogens is 4. The second-order valence-corrected chi connectivity index (χ2v) is 21.1. The standard InChI is InChI=1S/C38H46F3N6O4S2Si/c1-27(53-52-7)50-30-22-33(51-31(30)23-49-54(37(2,3)4,28-16-10-8-11-17-28)29-18-12-9-13-19-29)47-26-46(21-15-14-20-32(48)38(39,40)41)34-35(44-25-45(5)6)42-24-43-36(34)47/h8-13,16-19,24-27,30-31,33H,14,20,22-23H2,1-7H3/q+1/t27-,30?,31+,33+/m0/s1. The van der Waals surface area contributed by atoms with Crippen LogP contribution in [0.2, 0.25) is 5.04 Å². The normalized spacial score (nSPS) is 18.5. The van der Waals surface area contributed by atoms with E-state index in [1.54, 1.807) is 39.2 Å². The summed E-state index contributed by atoms with van der Waals surface area (Å²) in [5, 5.41) is 2.05. The van der Waals surface area contributed by atoms with Crippen LogP contribution in [0.5, 0.6) is 0 Å². The van der Waals surface area contributed by atoms with Crippen LogP contribution in [0.1, 0.15) is 53.2 Å². The Morgan fingerprint density at radius 3 is 2.35 bits per heavy atom. The van der Waals surface area contributed by atoms with Gasteiger partial charge in [-0.25, -0.2) is 9.56 Å². The smallest absolute Gasteiger partial charge is 0.405 e. The molecule has 2 aromatic carbocycles. The molecule has 16 heteroatoms. The zero-order valence-electron chi connectivity index (χ0n) is 31.4. The van der Waals surface area contributed by atoms with Crippen molar-refractivity contribution >= 4 is 69.4 Å². The number of hydrogen-bond donors (Lipinski definition) is 0. The third-order valence-electron chi connectivity index (χ3n) is 8.88. The number of imidazole rings is 1. The first-order valence-electron chi connectivity index (χ1n) is 17.5. The van der Waals surface area contributed by atoms with Crippen LogP contribution in [0.15, 0.2) is 78.3 Å². The Morgan fingerprint density at radius 2 is 1.78 bits per heavy atom. The Labute approximate surface area is 323 Å². The van der Waals surface area contributed by atoms with Gasteiger partial charge in [-0.05, 0) is 28.6 Å². The summed E-state index contributed by atoms with van der Waals surface area (Å²) in [4.78, 5) is 26.7. The third kappa shape index (κ3) is 9.55. The van der Waals surface area contributed by atoms with Crippen molar-refractivity contribution in [1.29, 1.82) is 0 Å². The second kappa shape index (κ2) is 17.8. The summed E-state index contributed by atoms with van der Waals surface area (Å²) in [6.07, 6.45) is -0.244. The quantitative estimate of drug-likeness (QED) is 0.0279. The molecule has 0 saturated carbocycles. The van der Waals surface area contributed by atoms with E-state index >= 15 is 0 Å². The minimum absolute atomic E-state index is 0.145. The molecule has 0 bridgehead atoms. The molecule has 0 radical (unpaired) electrons. The lowest BCUT2D eigenvalue weighted by Gasteiger charge is -2.43. The van der Waals surface area contributed by atoms with Crippen LogP contribution in [-0.4, -0.2) is 90.7 Å². The van der Waals surface area contributed by atoms with E-state index in [0.29, 0.717) is 23.4 Å². The van der Waals surface area contributed by atoms with Crippen molar-refractivity contribution in [3.8, 4) is 12.0 Å². The topological polar surface area (TPSA) is 95.0 Å². The molecule has 4 atom stereocenters. The molecule has 4 aromatic rings. The molecule has 1 saturated heterocycles. The molecule has 1 aliphatic rings. The zero-order chi connectivity index (χ0) is 39.1. The van der Waals surface area contributed by atoms with Crippen molar-refractivity contribution in [2.75, 3.05) is 27.0 Å². The average molecular weight is 800 g/mol. The SMILES string of the molecule is CSS[C@@H](C)OC1C[C@H]([n+]2cn(C#CCCC(=O)C(F)(F)F)c3c(N=CN(C)C)ncnc32)O[C@@H]1CO[Si](c1ccccc1)(c1ccccc1)C(C)(C)C. The van der Waals surface area contributed by atoms with E-state index < -0.39 is 39.0 Å². The first-order chi connectivity index (χ1) is 25.7. The number of hydrogen-bond acceptors (Lipinski definition) is 9. The number of fused-ring (bicyclic) bond motifs is 1. The molecular formula is C38H46F3N6O4S2Si+. The van der Waals surface area contributed by atoms with Crippen LogP contribution in [0.4, 0.5) is 19.0 Å². The van der Waals surface area contributed by atoms with Crippen LogP contribution in [0.25, 0.3) is 11.2 Å². The van der Waals surface area contributed by atoms with E-state index in [9.17, 15) is 18.0 Å². The Morgan fingerprint density at radius 1 is 1.13 bits per heavy atom. The van der Waals surface area contributed by atoms with Crippen LogP contribution in [0.3, 0.4) is 0 Å². The fourth-order valence-electron chi connectivity index (χ4n) is 6.56. The Hall–Kier alpha value is -3.72. The highest BCUT2D eigenvalue weighted by atomic mass is 33.1. The lowest BCUT2D eigenvalue weighted by molar-refractivity contribution is -0.739. The molecule has 0 amide bonds. The summed E-state index contributed by atoms with van der Waals surface area (Å²) in [5.41, 5.74) is 0.749. The van der Waals surface area contributed by atoms with E-state index in [2.05, 4.69) is 72.0 Å². The molecule has 1 aliphatic heterocycles. The largest absolute Gasteiger partial charge is 0.450 e. The Bertz CT molecular complexity index is 1930. The summed E-state index contributed by atoms with van der Waals surface area (Å²) >= 11 is 0. The molecule has 2 aromatic heterocycles. The van der Waals surface area contributed by atoms with E-state index in [1.807, 2.05) is 68.2 Å². The number of rotatable bonds is 14. The summed E-state index contributed by atoms with van der Waals surface area (Å²) in [6, 6.07) is 23.7. The number of carbonyl (C=O) groups excluding carboxylic acids is 1. The maximum absolute atomic E-state index is 12.8. The number of halogens is 3. The van der Waals surface area contributed by atoms with Crippen molar-refractivity contribution in [3.05, 3.63) is 73.3 Å². The molecule has 288 valence electrons. The predicted molar refractivity (Wildman–Crippen MR) is 211 cm³/mol. The highest BCUT2D eigenvalue weighted by molar-refractivity contribution is 8.76. The van der Waals surface area contributed by atoms with Gasteiger partial charge in [0.1, 0.15) is 11.5 Å². The Balaban J connectivity index is 1.54. The number of alkyl halides is 3. The van der Waals surface area contributed by atoms with Gasteiger partial charge in [-0.15, -0.1) is 0 Å². The van der Waals surface area contributed by atoms with Crippen molar-refractivity contribution in [2.45, 2.75) is 82.0 Å². The highest BCUT2D eigenvalue weighted by Crippen LogP contribution is 2.39. The van der Waals surface area contributed by atoms with Gasteiger partial charge >= 0.3 is 11.8 Å². The fraction of sp³-hybridized carbons (Fsp3) is 0.447. The van der Waals surface area contributed by atoms with Crippen LogP contribution < -0.4 is 14.9 Å². The van der Waals surface area contributed by atoms with Gasteiger partial charge < -0.3 is 18.8 Å². The second-order valence-electron chi connectivity index (χ2n) is 14.0. The number of Topliss-reactive ketones (excluding diaryl/α,β-unsaturated/α-hetero) is 1. The first kappa shape index (κ1) is 41.4. The first-order valence-corrected chi connectivity index (χ1v) is 22.0. The highest BCUT2D eigenvalue weighted by Gasteiger charge is 2.52. The monoisotopic (exact) mass is 799 g/mol. The number of aliphatic imine (C=N–C) groups is 1. The number of ketones is 1. The van der Waals surface area contributed by atoms with Crippen LogP contribution in [0, 0.1) is 12.0 Å². The van der Waals surface area contributed by atoms with Crippen molar-refractivity contribution in [2.24, 2.45) is 4.99 Å². The van der Waals surface area contributed by atoms with Gasteiger partial charge in [0.25, 0.3) is 8.32 Å². The van der Waals surface area contributed by atoms with Gasteiger partial charge in [0.15, 0.2) is 12.6 Å². The summed E-state index contributed by atoms with van der Waals surface area (Å²) in [7, 11) is 3.95. The van der Waals surface area contributed by atoms with E-state index in [4.69, 9.17) is 13.9 Å². The summed E-state index contributed by atoms with van der Waals surface area (Å²) < 4.78 is 62.7. The van der Waals surface area contributed by atoms with Gasteiger partial charge in [-0.1, -0.05) is 114 Å². The van der Waals surface area contributed by atoms with E-state index in [-0.39, 0.29) is 29.6 Å². The van der Waals surface area contributed by atoms with Gasteiger partial charge in [-0.2, -0.15) is 22.7 Å². The van der Waals surface area contributed by atoms with Gasteiger partial charge in [0.2, 0.25) is 23.4 Å². The predicted octanol–water partition coefficient (Wildman–Crippen LogP) is 6.27. The molecule has 0 aliphatic carbocycles. The lowest BCUT2D eigenvalue weighted by atomic mass is 10.2. The van der Waals surface area contributed by atoms with Crippen molar-refractivity contribution in [3.63, 3.8) is 0 Å². The Kier molecular flexibility index (Phi) is 13.7. The van der Waals surface area contributed by atoms with Gasteiger partial charge in [-0.3, -0.25) is 4.79 Å². The molecule has 0 spiro atoms. The zero-order valence-corrected chi connectivity index (χ0v) is 34.0. The fourth-order valence-corrected chi connectivity index (χ4v) is 12.5. The van der Waals surface area contributed by atoms with E-state index in [0.717, 1.165) is 10.4 Å². The average Bonchev–Trinajstić information content (AvgIpc) is 3.70. The van der Waals surface area contributed by atoms with Crippen LogP contribution in [-0.2, 0) is 18.7 Å². The summed E-state index contributed by atoms with van der Waals surface area (Å²) in [5.74, 6) is 1.18. The molecule has 3 heterocycles. The van der Waals surface area contributed by atoms with Crippen molar-refractivity contribution in [1.82, 2.24) is 19.4 Å². The van der Waals surface area contributed by atoms with Gasteiger partial charge in [0, 0.05) is 33.4 Å². The number of nitrogens with zero attached hydrogens (tertiary/aromatic N) is 6. The van der Waals surface area contributed by atoms with Gasteiger partial charge in [0.05, 0.1) is 25.1 Å². The molecule has 54 heavy (non-hydrogen) atoms. The molecule has 1 unspecified atom stereocenters. The molecule has 1 fully saturated rings. The minimum atomic E-state index is -4.91. The van der Waals surface area contributed by atoms with Crippen LogP contribution >= 0.6 is 21.6 Å². The number of benzene rings is 2. The third-order valence-corrected chi connectivity index (χ3v) is 15.9. The molecule has 5 rings (SSSR count). The number of ether oxygens (including phenoxy) is 2. The summed E-state index contributed by atoms with van der Waals surface area (Å²) in [6.45, 7) is 8.94. The molecular weight excluding hydrogens is 754 g/mol.